The number of aryl methyl sites for hydroxylation is 3. The maximum Gasteiger partial charge on any atom is 0.00612 e. The van der Waals surface area contributed by atoms with Crippen LogP contribution in [0.5, 0.6) is 0 Å². The summed E-state index contributed by atoms with van der Waals surface area (Å²) in [5.74, 6) is 0.388. The van der Waals surface area contributed by atoms with E-state index in [4.69, 9.17) is 0 Å². The molecule has 0 bridgehead atoms. The summed E-state index contributed by atoms with van der Waals surface area (Å²) < 4.78 is 0. The van der Waals surface area contributed by atoms with E-state index in [2.05, 4.69) is 161 Å². The van der Waals surface area contributed by atoms with Crippen LogP contribution in [-0.2, 0) is 0 Å². The Hall–Kier alpha value is -4.42. The Labute approximate surface area is 248 Å². The van der Waals surface area contributed by atoms with Gasteiger partial charge in [0.05, 0.1) is 0 Å². The second-order valence-corrected chi connectivity index (χ2v) is 10.1. The van der Waals surface area contributed by atoms with E-state index in [0.717, 1.165) is 0 Å². The average molecular weight is 537 g/mol. The van der Waals surface area contributed by atoms with Crippen LogP contribution >= 0.6 is 0 Å². The third-order valence-corrected chi connectivity index (χ3v) is 6.95. The van der Waals surface area contributed by atoms with Crippen molar-refractivity contribution in [2.75, 3.05) is 0 Å². The lowest BCUT2D eigenvalue weighted by Crippen LogP contribution is -1.96. The minimum atomic E-state index is 0.388. The molecule has 0 aliphatic heterocycles. The van der Waals surface area contributed by atoms with E-state index >= 15 is 0 Å². The van der Waals surface area contributed by atoms with E-state index < -0.39 is 0 Å². The molecule has 0 fully saturated rings. The van der Waals surface area contributed by atoms with Gasteiger partial charge in [0.15, 0.2) is 0 Å². The molecule has 0 heteroatoms. The molecule has 6 aromatic carbocycles. The molecule has 0 saturated heterocycles. The van der Waals surface area contributed by atoms with Crippen LogP contribution < -0.4 is 0 Å². The van der Waals surface area contributed by atoms with Gasteiger partial charge in [-0.1, -0.05) is 189 Å². The molecule has 0 amide bonds. The summed E-state index contributed by atoms with van der Waals surface area (Å²) in [6, 6.07) is 53.6. The quantitative estimate of drug-likeness (QED) is 0.211. The predicted molar refractivity (Wildman–Crippen MR) is 182 cm³/mol. The molecule has 0 nitrogen and oxygen atoms in total. The molecule has 0 heterocycles. The van der Waals surface area contributed by atoms with Crippen molar-refractivity contribution in [3.63, 3.8) is 0 Å². The van der Waals surface area contributed by atoms with Crippen LogP contribution in [-0.4, -0.2) is 0 Å². The molecule has 0 N–H and O–H groups in total. The molecule has 6 aromatic rings. The second kappa shape index (κ2) is 16.6. The van der Waals surface area contributed by atoms with Gasteiger partial charge in [0, 0.05) is 5.92 Å². The normalized spacial score (nSPS) is 10.6. The summed E-state index contributed by atoms with van der Waals surface area (Å²) >= 11 is 0. The van der Waals surface area contributed by atoms with Crippen molar-refractivity contribution in [2.45, 2.75) is 47.5 Å². The Bertz CT molecular complexity index is 1520. The molecule has 0 aliphatic rings. The zero-order chi connectivity index (χ0) is 29.5. The van der Waals surface area contributed by atoms with Crippen molar-refractivity contribution in [2.24, 2.45) is 0 Å². The first-order chi connectivity index (χ1) is 20.0. The Morgan fingerprint density at radius 1 is 0.366 bits per heavy atom. The largest absolute Gasteiger partial charge is 0.0683 e. The first-order valence-electron chi connectivity index (χ1n) is 14.7. The Morgan fingerprint density at radius 3 is 1.29 bits per heavy atom. The minimum Gasteiger partial charge on any atom is -0.0683 e. The molecule has 208 valence electrons. The molecule has 0 aliphatic carbocycles. The summed E-state index contributed by atoms with van der Waals surface area (Å²) in [5.41, 5.74) is 9.23. The van der Waals surface area contributed by atoms with Gasteiger partial charge in [0.1, 0.15) is 0 Å². The van der Waals surface area contributed by atoms with Gasteiger partial charge in [-0.25, -0.2) is 0 Å². The van der Waals surface area contributed by atoms with Crippen LogP contribution in [0, 0.1) is 20.8 Å². The topological polar surface area (TPSA) is 0 Å². The minimum absolute atomic E-state index is 0.388. The van der Waals surface area contributed by atoms with Crippen LogP contribution in [0.15, 0.2) is 152 Å². The number of fused-ring (bicyclic) bond motifs is 1. The fraction of sp³-hybridized carbons (Fsp3) is 0.171. The third kappa shape index (κ3) is 9.92. The van der Waals surface area contributed by atoms with Crippen molar-refractivity contribution < 1.29 is 0 Å². The van der Waals surface area contributed by atoms with Gasteiger partial charge in [-0.15, -0.1) is 0 Å². The molecule has 0 aromatic heterocycles. The highest BCUT2D eigenvalue weighted by Gasteiger charge is 2.09. The van der Waals surface area contributed by atoms with Crippen molar-refractivity contribution in [1.29, 1.82) is 0 Å². The lowest BCUT2D eigenvalue weighted by atomic mass is 9.90. The highest BCUT2D eigenvalue weighted by molar-refractivity contribution is 5.83. The molecule has 1 unspecified atom stereocenters. The van der Waals surface area contributed by atoms with E-state index in [1.807, 2.05) is 32.0 Å². The van der Waals surface area contributed by atoms with Gasteiger partial charge in [-0.05, 0) is 53.8 Å². The van der Waals surface area contributed by atoms with E-state index in [-0.39, 0.29) is 0 Å². The van der Waals surface area contributed by atoms with Gasteiger partial charge >= 0.3 is 0 Å². The van der Waals surface area contributed by atoms with Crippen molar-refractivity contribution in [1.82, 2.24) is 0 Å². The smallest absolute Gasteiger partial charge is 0.00612 e. The van der Waals surface area contributed by atoms with Crippen LogP contribution in [0.1, 0.15) is 54.5 Å². The zero-order valence-corrected chi connectivity index (χ0v) is 25.5. The van der Waals surface area contributed by atoms with Crippen molar-refractivity contribution >= 4 is 10.8 Å². The summed E-state index contributed by atoms with van der Waals surface area (Å²) in [5, 5.41) is 2.61. The molecule has 41 heavy (non-hydrogen) atoms. The number of hydrogen-bond acceptors (Lipinski definition) is 0. The van der Waals surface area contributed by atoms with Crippen molar-refractivity contribution in [3.05, 3.63) is 179 Å². The molecule has 0 radical (unpaired) electrons. The summed E-state index contributed by atoms with van der Waals surface area (Å²) in [4.78, 5) is 0. The predicted octanol–water partition coefficient (Wildman–Crippen LogP) is 12.0. The van der Waals surface area contributed by atoms with E-state index in [1.54, 1.807) is 0 Å². The van der Waals surface area contributed by atoms with E-state index in [0.29, 0.717) is 5.92 Å². The molecule has 0 spiro atoms. The van der Waals surface area contributed by atoms with Gasteiger partial charge in [0.25, 0.3) is 0 Å². The average Bonchev–Trinajstić information content (AvgIpc) is 3.04. The Morgan fingerprint density at radius 2 is 0.780 bits per heavy atom. The van der Waals surface area contributed by atoms with Gasteiger partial charge < -0.3 is 0 Å². The lowest BCUT2D eigenvalue weighted by molar-refractivity contribution is 0.925. The zero-order valence-electron chi connectivity index (χ0n) is 25.5. The van der Waals surface area contributed by atoms with E-state index in [1.165, 1.54) is 49.7 Å². The van der Waals surface area contributed by atoms with Crippen LogP contribution in [0.4, 0.5) is 0 Å². The summed E-state index contributed by atoms with van der Waals surface area (Å²) in [6.07, 6.45) is 0. The SMILES string of the molecule is CC.CC(c1ccc(-c2ccccc2)cc1)c1ccc2ccccc2c1.Cc1ccc(C)cc1.Cc1ccccc1. The van der Waals surface area contributed by atoms with Gasteiger partial charge in [-0.2, -0.15) is 0 Å². The fourth-order valence-corrected chi connectivity index (χ4v) is 4.44. The van der Waals surface area contributed by atoms with Crippen LogP contribution in [0.2, 0.25) is 0 Å². The maximum absolute atomic E-state index is 2.31. The molecular formula is C41H44. The Kier molecular flexibility index (Phi) is 12.6. The maximum atomic E-state index is 2.31. The van der Waals surface area contributed by atoms with Gasteiger partial charge in [0.2, 0.25) is 0 Å². The molecule has 6 rings (SSSR count). The standard InChI is InChI=1S/C24H20.C8H10.C7H8.C2H6/c1-18(23-16-15-21-9-5-6-10-24(21)17-23)19-11-13-22(14-12-19)20-7-3-2-4-8-20;1-7-3-5-8(2)6-4-7;1-7-5-3-2-4-6-7;1-2/h2-18H,1H3;3-6H,1-2H3;2-6H,1H3;1-2H3. The molecule has 1 atom stereocenters. The first kappa shape index (κ1) is 31.1. The summed E-state index contributed by atoms with van der Waals surface area (Å²) in [6.45, 7) is 12.6. The monoisotopic (exact) mass is 536 g/mol. The first-order valence-corrected chi connectivity index (χ1v) is 14.7. The third-order valence-electron chi connectivity index (χ3n) is 6.95. The second-order valence-electron chi connectivity index (χ2n) is 10.1. The Balaban J connectivity index is 0.000000222. The summed E-state index contributed by atoms with van der Waals surface area (Å²) in [7, 11) is 0. The fourth-order valence-electron chi connectivity index (χ4n) is 4.44. The van der Waals surface area contributed by atoms with Crippen LogP contribution in [0.25, 0.3) is 21.9 Å². The highest BCUT2D eigenvalue weighted by Crippen LogP contribution is 2.29. The lowest BCUT2D eigenvalue weighted by Gasteiger charge is -2.14. The molecular weight excluding hydrogens is 492 g/mol. The van der Waals surface area contributed by atoms with E-state index in [9.17, 15) is 0 Å². The number of hydrogen-bond donors (Lipinski definition) is 0. The van der Waals surface area contributed by atoms with Crippen molar-refractivity contribution in [3.8, 4) is 11.1 Å². The van der Waals surface area contributed by atoms with Gasteiger partial charge in [-0.3, -0.25) is 0 Å². The van der Waals surface area contributed by atoms with Crippen LogP contribution in [0.3, 0.4) is 0 Å². The number of rotatable bonds is 3. The molecule has 0 saturated carbocycles. The highest BCUT2D eigenvalue weighted by atomic mass is 14.1. The number of benzene rings is 6.